The highest BCUT2D eigenvalue weighted by molar-refractivity contribution is 6.03. The van der Waals surface area contributed by atoms with Gasteiger partial charge in [-0.05, 0) is 17.7 Å². The molecule has 0 amide bonds. The number of nitrogens with one attached hydrogen (secondary N) is 1. The SMILES string of the molecule is Nc1nc2cnn(Cc3ccc(C(=O)O)c4cccnc34)c2c(=O)[nH]1. The molecule has 9 heteroatoms. The lowest BCUT2D eigenvalue weighted by atomic mass is 10.0. The number of aromatic amines is 1. The molecule has 4 N–H and O–H groups in total. The molecule has 1 aromatic carbocycles. The molecule has 0 fully saturated rings. The van der Waals surface area contributed by atoms with Gasteiger partial charge in [-0.1, -0.05) is 12.1 Å². The van der Waals surface area contributed by atoms with Crippen molar-refractivity contribution in [3.63, 3.8) is 0 Å². The molecular formula is C16H12N6O3. The summed E-state index contributed by atoms with van der Waals surface area (Å²) in [6.07, 6.45) is 3.05. The predicted octanol–water partition coefficient (Wildman–Crippen LogP) is 0.996. The number of aromatic carboxylic acids is 1. The Labute approximate surface area is 139 Å². The second kappa shape index (κ2) is 5.41. The number of nitrogen functional groups attached to an aromatic ring is 1. The van der Waals surface area contributed by atoms with E-state index in [9.17, 15) is 14.7 Å². The lowest BCUT2D eigenvalue weighted by Gasteiger charge is -2.09. The van der Waals surface area contributed by atoms with Crippen LogP contribution < -0.4 is 11.3 Å². The normalized spacial score (nSPS) is 11.2. The van der Waals surface area contributed by atoms with E-state index in [1.165, 1.54) is 16.9 Å². The first-order valence-electron chi connectivity index (χ1n) is 7.36. The lowest BCUT2D eigenvalue weighted by molar-refractivity contribution is 0.0699. The first-order chi connectivity index (χ1) is 12.0. The number of rotatable bonds is 3. The van der Waals surface area contributed by atoms with E-state index in [1.807, 2.05) is 0 Å². The Hall–Kier alpha value is -3.75. The number of nitrogens with zero attached hydrogens (tertiary/aromatic N) is 4. The van der Waals surface area contributed by atoms with Crippen LogP contribution in [0, 0.1) is 0 Å². The van der Waals surface area contributed by atoms with Crippen LogP contribution in [-0.4, -0.2) is 35.8 Å². The van der Waals surface area contributed by atoms with Gasteiger partial charge in [-0.2, -0.15) is 5.10 Å². The largest absolute Gasteiger partial charge is 0.478 e. The van der Waals surface area contributed by atoms with Gasteiger partial charge in [-0.25, -0.2) is 9.78 Å². The monoisotopic (exact) mass is 336 g/mol. The summed E-state index contributed by atoms with van der Waals surface area (Å²) >= 11 is 0. The molecule has 0 saturated carbocycles. The van der Waals surface area contributed by atoms with Crippen LogP contribution in [0.15, 0.2) is 41.5 Å². The quantitative estimate of drug-likeness (QED) is 0.507. The van der Waals surface area contributed by atoms with E-state index in [1.54, 1.807) is 24.4 Å². The molecule has 0 saturated heterocycles. The molecule has 4 rings (SSSR count). The van der Waals surface area contributed by atoms with Gasteiger partial charge in [-0.15, -0.1) is 0 Å². The van der Waals surface area contributed by atoms with Gasteiger partial charge < -0.3 is 10.8 Å². The summed E-state index contributed by atoms with van der Waals surface area (Å²) in [5.74, 6) is -1.000. The Kier molecular flexibility index (Phi) is 3.21. The predicted molar refractivity (Wildman–Crippen MR) is 90.4 cm³/mol. The zero-order chi connectivity index (χ0) is 17.6. The average molecular weight is 336 g/mol. The zero-order valence-corrected chi connectivity index (χ0v) is 12.8. The van der Waals surface area contributed by atoms with E-state index < -0.39 is 5.97 Å². The summed E-state index contributed by atoms with van der Waals surface area (Å²) in [5, 5.41) is 14.0. The number of hydrogen-bond acceptors (Lipinski definition) is 6. The van der Waals surface area contributed by atoms with Crippen LogP contribution in [0.4, 0.5) is 5.95 Å². The summed E-state index contributed by atoms with van der Waals surface area (Å²) in [7, 11) is 0. The van der Waals surface area contributed by atoms with Crippen molar-refractivity contribution < 1.29 is 9.90 Å². The molecule has 0 bridgehead atoms. The maximum atomic E-state index is 12.1. The first kappa shape index (κ1) is 14.8. The van der Waals surface area contributed by atoms with Gasteiger partial charge >= 0.3 is 5.97 Å². The van der Waals surface area contributed by atoms with Crippen molar-refractivity contribution in [3.05, 3.63) is 58.1 Å². The fourth-order valence-corrected chi connectivity index (χ4v) is 2.85. The highest BCUT2D eigenvalue weighted by Gasteiger charge is 2.15. The van der Waals surface area contributed by atoms with Crippen LogP contribution in [0.3, 0.4) is 0 Å². The number of carbonyl (C=O) groups is 1. The first-order valence-corrected chi connectivity index (χ1v) is 7.36. The molecule has 9 nitrogen and oxygen atoms in total. The van der Waals surface area contributed by atoms with Crippen LogP contribution >= 0.6 is 0 Å². The van der Waals surface area contributed by atoms with Gasteiger partial charge in [0.1, 0.15) is 5.52 Å². The van der Waals surface area contributed by atoms with E-state index in [-0.39, 0.29) is 23.6 Å². The molecular weight excluding hydrogens is 324 g/mol. The van der Waals surface area contributed by atoms with E-state index in [4.69, 9.17) is 5.73 Å². The van der Waals surface area contributed by atoms with Crippen molar-refractivity contribution in [3.8, 4) is 0 Å². The molecule has 0 unspecified atom stereocenters. The molecule has 0 atom stereocenters. The Morgan fingerprint density at radius 2 is 2.16 bits per heavy atom. The smallest absolute Gasteiger partial charge is 0.336 e. The molecule has 3 aromatic heterocycles. The number of aromatic nitrogens is 5. The van der Waals surface area contributed by atoms with Crippen molar-refractivity contribution in [2.45, 2.75) is 6.54 Å². The molecule has 3 heterocycles. The molecule has 25 heavy (non-hydrogen) atoms. The van der Waals surface area contributed by atoms with E-state index in [0.717, 1.165) is 5.56 Å². The van der Waals surface area contributed by atoms with Gasteiger partial charge in [-0.3, -0.25) is 19.4 Å². The number of anilines is 1. The molecule has 0 radical (unpaired) electrons. The van der Waals surface area contributed by atoms with Crippen LogP contribution in [0.1, 0.15) is 15.9 Å². The fraction of sp³-hybridized carbons (Fsp3) is 0.0625. The minimum atomic E-state index is -1.02. The van der Waals surface area contributed by atoms with Gasteiger partial charge in [0.15, 0.2) is 5.52 Å². The molecule has 124 valence electrons. The summed E-state index contributed by atoms with van der Waals surface area (Å²) in [5.41, 5.74) is 7.28. The van der Waals surface area contributed by atoms with Crippen LogP contribution in [0.25, 0.3) is 21.9 Å². The number of carboxylic acids is 1. The second-order valence-corrected chi connectivity index (χ2v) is 5.46. The zero-order valence-electron chi connectivity index (χ0n) is 12.8. The van der Waals surface area contributed by atoms with Crippen molar-refractivity contribution in [1.82, 2.24) is 24.7 Å². The average Bonchev–Trinajstić information content (AvgIpc) is 2.97. The van der Waals surface area contributed by atoms with Crippen molar-refractivity contribution >= 4 is 33.9 Å². The van der Waals surface area contributed by atoms with Crippen LogP contribution in [0.5, 0.6) is 0 Å². The van der Waals surface area contributed by atoms with Crippen LogP contribution in [-0.2, 0) is 6.54 Å². The fourth-order valence-electron chi connectivity index (χ4n) is 2.85. The minimum Gasteiger partial charge on any atom is -0.478 e. The molecule has 0 aliphatic rings. The van der Waals surface area contributed by atoms with E-state index >= 15 is 0 Å². The van der Waals surface area contributed by atoms with Crippen molar-refractivity contribution in [2.75, 3.05) is 5.73 Å². The highest BCUT2D eigenvalue weighted by Crippen LogP contribution is 2.22. The highest BCUT2D eigenvalue weighted by atomic mass is 16.4. The third-order valence-corrected chi connectivity index (χ3v) is 3.92. The number of H-pyrrole nitrogens is 1. The summed E-state index contributed by atoms with van der Waals surface area (Å²) in [6, 6.07) is 6.57. The van der Waals surface area contributed by atoms with Gasteiger partial charge in [0, 0.05) is 11.6 Å². The Balaban J connectivity index is 1.89. The lowest BCUT2D eigenvalue weighted by Crippen LogP contribution is -2.15. The number of fused-ring (bicyclic) bond motifs is 2. The van der Waals surface area contributed by atoms with Crippen LogP contribution in [0.2, 0.25) is 0 Å². The topological polar surface area (TPSA) is 140 Å². The molecule has 4 aromatic rings. The Morgan fingerprint density at radius 3 is 2.96 bits per heavy atom. The van der Waals surface area contributed by atoms with Crippen molar-refractivity contribution in [2.24, 2.45) is 0 Å². The number of carboxylic acid groups (broad SMARTS) is 1. The summed E-state index contributed by atoms with van der Waals surface area (Å²) in [6.45, 7) is 0.242. The number of pyridine rings is 1. The third kappa shape index (κ3) is 2.38. The maximum Gasteiger partial charge on any atom is 0.336 e. The minimum absolute atomic E-state index is 0.0231. The number of nitrogens with two attached hydrogens (primary N) is 1. The van der Waals surface area contributed by atoms with Gasteiger partial charge in [0.05, 0.1) is 23.8 Å². The number of hydrogen-bond donors (Lipinski definition) is 3. The second-order valence-electron chi connectivity index (χ2n) is 5.46. The number of benzene rings is 1. The Bertz CT molecular complexity index is 1190. The Morgan fingerprint density at radius 1 is 1.32 bits per heavy atom. The molecule has 0 spiro atoms. The third-order valence-electron chi connectivity index (χ3n) is 3.92. The molecule has 0 aliphatic heterocycles. The summed E-state index contributed by atoms with van der Waals surface area (Å²) in [4.78, 5) is 34.3. The van der Waals surface area contributed by atoms with E-state index in [0.29, 0.717) is 21.9 Å². The van der Waals surface area contributed by atoms with Gasteiger partial charge in [0.25, 0.3) is 5.56 Å². The summed E-state index contributed by atoms with van der Waals surface area (Å²) < 4.78 is 1.49. The molecule has 0 aliphatic carbocycles. The maximum absolute atomic E-state index is 12.1. The van der Waals surface area contributed by atoms with Gasteiger partial charge in [0.2, 0.25) is 5.95 Å². The standard InChI is InChI=1S/C16H12N6O3/c17-16-20-11-6-19-22(13(11)14(23)21-16)7-8-3-4-10(15(24)25)9-2-1-5-18-12(8)9/h1-6H,7H2,(H,24,25)(H3,17,20,21,23). The van der Waals surface area contributed by atoms with E-state index in [2.05, 4.69) is 20.1 Å². The van der Waals surface area contributed by atoms with Crippen molar-refractivity contribution in [1.29, 1.82) is 0 Å².